The second-order valence-corrected chi connectivity index (χ2v) is 5.34. The fourth-order valence-electron chi connectivity index (χ4n) is 2.70. The molecule has 0 spiro atoms. The summed E-state index contributed by atoms with van der Waals surface area (Å²) >= 11 is 0. The monoisotopic (exact) mass is 181 g/mol. The second-order valence-electron chi connectivity index (χ2n) is 5.34. The van der Waals surface area contributed by atoms with Gasteiger partial charge >= 0.3 is 0 Å². The second kappa shape index (κ2) is 3.61. The van der Waals surface area contributed by atoms with E-state index in [9.17, 15) is 0 Å². The first-order chi connectivity index (χ1) is 6.24. The Kier molecular flexibility index (Phi) is 2.64. The van der Waals surface area contributed by atoms with Gasteiger partial charge in [-0.3, -0.25) is 0 Å². The third-order valence-electron chi connectivity index (χ3n) is 4.01. The van der Waals surface area contributed by atoms with E-state index in [0.717, 1.165) is 11.3 Å². The lowest BCUT2D eigenvalue weighted by Gasteiger charge is -2.33. The van der Waals surface area contributed by atoms with Gasteiger partial charge in [-0.15, -0.1) is 0 Å². The minimum absolute atomic E-state index is 0.761. The lowest BCUT2D eigenvalue weighted by Crippen LogP contribution is -2.38. The van der Waals surface area contributed by atoms with Crippen LogP contribution in [0.25, 0.3) is 0 Å². The highest BCUT2D eigenvalue weighted by Crippen LogP contribution is 2.49. The molecule has 1 saturated carbocycles. The van der Waals surface area contributed by atoms with Crippen molar-refractivity contribution >= 4 is 0 Å². The van der Waals surface area contributed by atoms with Crippen LogP contribution in [0.4, 0.5) is 0 Å². The van der Waals surface area contributed by atoms with Crippen LogP contribution in [0.15, 0.2) is 0 Å². The topological polar surface area (TPSA) is 3.24 Å². The molecule has 0 aromatic heterocycles. The molecule has 1 nitrogen and oxygen atoms in total. The van der Waals surface area contributed by atoms with E-state index in [2.05, 4.69) is 18.7 Å². The fraction of sp³-hybridized carbons (Fsp3) is 1.00. The van der Waals surface area contributed by atoms with Gasteiger partial charge in [0.1, 0.15) is 0 Å². The van der Waals surface area contributed by atoms with Crippen LogP contribution in [0.5, 0.6) is 0 Å². The summed E-state index contributed by atoms with van der Waals surface area (Å²) < 4.78 is 0. The molecular weight excluding hydrogens is 158 g/mol. The largest absolute Gasteiger partial charge is 0.303 e. The summed E-state index contributed by atoms with van der Waals surface area (Å²) in [6, 6.07) is 0. The van der Waals surface area contributed by atoms with Gasteiger partial charge in [-0.05, 0) is 50.0 Å². The van der Waals surface area contributed by atoms with E-state index < -0.39 is 0 Å². The molecule has 0 aromatic carbocycles. The summed E-state index contributed by atoms with van der Waals surface area (Å²) in [5.74, 6) is 0.946. The van der Waals surface area contributed by atoms with Crippen LogP contribution in [0.2, 0.25) is 0 Å². The van der Waals surface area contributed by atoms with E-state index in [-0.39, 0.29) is 0 Å². The highest BCUT2D eigenvalue weighted by Gasteiger charge is 2.42. The van der Waals surface area contributed by atoms with Crippen molar-refractivity contribution in [2.24, 2.45) is 11.3 Å². The molecule has 2 fully saturated rings. The molecule has 1 unspecified atom stereocenters. The third-order valence-corrected chi connectivity index (χ3v) is 4.01. The van der Waals surface area contributed by atoms with Gasteiger partial charge in [-0.2, -0.15) is 0 Å². The van der Waals surface area contributed by atoms with Crippen molar-refractivity contribution in [2.75, 3.05) is 19.6 Å². The Morgan fingerprint density at radius 2 is 2.15 bits per heavy atom. The Hall–Kier alpha value is -0.0400. The van der Waals surface area contributed by atoms with Gasteiger partial charge in [0.05, 0.1) is 0 Å². The molecule has 2 aliphatic rings. The molecule has 1 heteroatoms. The smallest absolute Gasteiger partial charge is 0.00380 e. The maximum Gasteiger partial charge on any atom is 0.00380 e. The highest BCUT2D eigenvalue weighted by atomic mass is 15.1. The zero-order chi connectivity index (χ0) is 9.31. The number of piperidine rings is 1. The molecule has 1 heterocycles. The van der Waals surface area contributed by atoms with Crippen molar-refractivity contribution in [3.8, 4) is 0 Å². The zero-order valence-electron chi connectivity index (χ0n) is 9.18. The average molecular weight is 181 g/mol. The van der Waals surface area contributed by atoms with Crippen LogP contribution in [0.1, 0.15) is 46.0 Å². The van der Waals surface area contributed by atoms with E-state index in [1.165, 1.54) is 51.7 Å². The molecule has 0 radical (unpaired) electrons. The lowest BCUT2D eigenvalue weighted by atomic mass is 9.97. The van der Waals surface area contributed by atoms with E-state index >= 15 is 0 Å². The standard InChI is InChI=1S/C12H23N/c1-3-12(6-7-12)10-13-8-4-5-11(2)9-13/h11H,3-10H2,1-2H3. The Labute approximate surface area is 82.5 Å². The Bertz CT molecular complexity index is 172. The molecule has 0 N–H and O–H groups in total. The molecular formula is C12H23N. The summed E-state index contributed by atoms with van der Waals surface area (Å²) in [5, 5.41) is 0. The SMILES string of the molecule is CCC1(CN2CCCC(C)C2)CC1. The summed E-state index contributed by atoms with van der Waals surface area (Å²) in [5.41, 5.74) is 0.761. The van der Waals surface area contributed by atoms with Crippen LogP contribution in [-0.2, 0) is 0 Å². The van der Waals surface area contributed by atoms with Crippen molar-refractivity contribution in [3.63, 3.8) is 0 Å². The predicted octanol–water partition coefficient (Wildman–Crippen LogP) is 2.91. The molecule has 1 aliphatic carbocycles. The van der Waals surface area contributed by atoms with Crippen LogP contribution < -0.4 is 0 Å². The van der Waals surface area contributed by atoms with Gasteiger partial charge in [0.25, 0.3) is 0 Å². The Balaban J connectivity index is 1.80. The van der Waals surface area contributed by atoms with Gasteiger partial charge in [-0.25, -0.2) is 0 Å². The molecule has 13 heavy (non-hydrogen) atoms. The first-order valence-corrected chi connectivity index (χ1v) is 5.96. The first kappa shape index (κ1) is 9.51. The Morgan fingerprint density at radius 1 is 1.38 bits per heavy atom. The van der Waals surface area contributed by atoms with Crippen molar-refractivity contribution < 1.29 is 0 Å². The van der Waals surface area contributed by atoms with Crippen molar-refractivity contribution in [3.05, 3.63) is 0 Å². The van der Waals surface area contributed by atoms with Crippen LogP contribution in [0.3, 0.4) is 0 Å². The quantitative estimate of drug-likeness (QED) is 0.647. The summed E-state index contributed by atoms with van der Waals surface area (Å²) in [4.78, 5) is 2.71. The molecule has 2 rings (SSSR count). The fourth-order valence-corrected chi connectivity index (χ4v) is 2.70. The number of likely N-dealkylation sites (tertiary alicyclic amines) is 1. The molecule has 1 aliphatic heterocycles. The Morgan fingerprint density at radius 3 is 2.69 bits per heavy atom. The van der Waals surface area contributed by atoms with Gasteiger partial charge in [0.15, 0.2) is 0 Å². The molecule has 1 saturated heterocycles. The van der Waals surface area contributed by atoms with E-state index in [4.69, 9.17) is 0 Å². The maximum atomic E-state index is 2.71. The molecule has 0 aromatic rings. The molecule has 76 valence electrons. The summed E-state index contributed by atoms with van der Waals surface area (Å²) in [6.07, 6.45) is 7.28. The molecule has 0 amide bonds. The molecule has 0 bridgehead atoms. The maximum absolute atomic E-state index is 2.71. The normalized spacial score (nSPS) is 33.2. The van der Waals surface area contributed by atoms with Crippen LogP contribution in [0, 0.1) is 11.3 Å². The number of hydrogen-bond acceptors (Lipinski definition) is 1. The molecule has 1 atom stereocenters. The van der Waals surface area contributed by atoms with Gasteiger partial charge in [-0.1, -0.05) is 13.8 Å². The van der Waals surface area contributed by atoms with E-state index in [0.29, 0.717) is 0 Å². The van der Waals surface area contributed by atoms with E-state index in [1.807, 2.05) is 0 Å². The predicted molar refractivity (Wildman–Crippen MR) is 56.8 cm³/mol. The van der Waals surface area contributed by atoms with Crippen LogP contribution in [-0.4, -0.2) is 24.5 Å². The minimum Gasteiger partial charge on any atom is -0.303 e. The first-order valence-electron chi connectivity index (χ1n) is 5.96. The third kappa shape index (κ3) is 2.25. The van der Waals surface area contributed by atoms with Crippen molar-refractivity contribution in [1.29, 1.82) is 0 Å². The lowest BCUT2D eigenvalue weighted by molar-refractivity contribution is 0.150. The number of hydrogen-bond donors (Lipinski definition) is 0. The zero-order valence-corrected chi connectivity index (χ0v) is 9.18. The van der Waals surface area contributed by atoms with Crippen molar-refractivity contribution in [1.82, 2.24) is 4.90 Å². The average Bonchev–Trinajstić information content (AvgIpc) is 2.86. The number of nitrogens with zero attached hydrogens (tertiary/aromatic N) is 1. The van der Waals surface area contributed by atoms with Gasteiger partial charge in [0.2, 0.25) is 0 Å². The summed E-state index contributed by atoms with van der Waals surface area (Å²) in [7, 11) is 0. The van der Waals surface area contributed by atoms with Crippen LogP contribution >= 0.6 is 0 Å². The van der Waals surface area contributed by atoms with Crippen molar-refractivity contribution in [2.45, 2.75) is 46.0 Å². The summed E-state index contributed by atoms with van der Waals surface area (Å²) in [6.45, 7) is 8.89. The minimum atomic E-state index is 0.761. The highest BCUT2D eigenvalue weighted by molar-refractivity contribution is 4.94. The number of rotatable bonds is 3. The van der Waals surface area contributed by atoms with Gasteiger partial charge < -0.3 is 4.90 Å². The van der Waals surface area contributed by atoms with Gasteiger partial charge in [0, 0.05) is 13.1 Å². The van der Waals surface area contributed by atoms with E-state index in [1.54, 1.807) is 0 Å².